The van der Waals surface area contributed by atoms with Crippen LogP contribution in [0.5, 0.6) is 17.2 Å². The predicted octanol–water partition coefficient (Wildman–Crippen LogP) is 5.58. The van der Waals surface area contributed by atoms with Crippen LogP contribution in [0.15, 0.2) is 97.3 Å². The van der Waals surface area contributed by atoms with E-state index >= 15 is 0 Å². The van der Waals surface area contributed by atoms with Gasteiger partial charge in [0.15, 0.2) is 11.5 Å². The molecule has 1 heterocycles. The van der Waals surface area contributed by atoms with E-state index in [1.165, 1.54) is 11.1 Å². The van der Waals surface area contributed by atoms with Crippen LogP contribution in [0, 0.1) is 0 Å². The molecule has 0 spiro atoms. The first kappa shape index (κ1) is 30.0. The van der Waals surface area contributed by atoms with Gasteiger partial charge in [-0.1, -0.05) is 73.8 Å². The van der Waals surface area contributed by atoms with E-state index in [0.29, 0.717) is 23.8 Å². The van der Waals surface area contributed by atoms with Crippen molar-refractivity contribution in [1.29, 1.82) is 0 Å². The van der Waals surface area contributed by atoms with Crippen LogP contribution in [0.2, 0.25) is 0 Å². The van der Waals surface area contributed by atoms with Crippen LogP contribution in [0.4, 0.5) is 5.69 Å². The zero-order valence-corrected chi connectivity index (χ0v) is 24.7. The molecule has 7 heteroatoms. The molecule has 1 saturated heterocycles. The maximum atomic E-state index is 5.57. The minimum atomic E-state index is 0.260. The molecule has 1 aliphatic rings. The molecule has 2 N–H and O–H groups in total. The van der Waals surface area contributed by atoms with Crippen molar-refractivity contribution < 1.29 is 14.2 Å². The van der Waals surface area contributed by atoms with E-state index in [2.05, 4.69) is 94.3 Å². The first-order valence-corrected chi connectivity index (χ1v) is 14.2. The molecule has 1 aliphatic heterocycles. The Balaban J connectivity index is 1.56. The van der Waals surface area contributed by atoms with E-state index in [0.717, 1.165) is 62.8 Å². The first-order valence-electron chi connectivity index (χ1n) is 14.2. The van der Waals surface area contributed by atoms with Gasteiger partial charge < -0.3 is 29.7 Å². The average molecular weight is 557 g/mol. The molecule has 0 aromatic heterocycles. The Labute approximate surface area is 245 Å². The van der Waals surface area contributed by atoms with Crippen molar-refractivity contribution in [3.8, 4) is 17.2 Å². The second kappa shape index (κ2) is 15.2. The monoisotopic (exact) mass is 556 g/mol. The summed E-state index contributed by atoms with van der Waals surface area (Å²) in [5.41, 5.74) is 4.59. The molecule has 0 saturated carbocycles. The lowest BCUT2D eigenvalue weighted by molar-refractivity contribution is 0.251. The van der Waals surface area contributed by atoms with Gasteiger partial charge in [0.05, 0.1) is 27.2 Å². The van der Waals surface area contributed by atoms with Gasteiger partial charge in [-0.05, 0) is 23.1 Å². The second-order valence-corrected chi connectivity index (χ2v) is 10.3. The van der Waals surface area contributed by atoms with Gasteiger partial charge in [-0.25, -0.2) is 0 Å². The fourth-order valence-corrected chi connectivity index (χ4v) is 5.40. The topological polar surface area (TPSA) is 58.2 Å². The number of piperazine rings is 1. The van der Waals surface area contributed by atoms with Gasteiger partial charge in [-0.2, -0.15) is 0 Å². The number of nitrogens with zero attached hydrogens (tertiary/aromatic N) is 2. The molecule has 0 aliphatic carbocycles. The number of nitrogens with one attached hydrogen (secondary N) is 2. The molecule has 4 rings (SSSR count). The third-order valence-electron chi connectivity index (χ3n) is 7.50. The summed E-state index contributed by atoms with van der Waals surface area (Å²) in [5.74, 6) is 2.78. The summed E-state index contributed by atoms with van der Waals surface area (Å²) in [6, 6.07) is 25.3. The van der Waals surface area contributed by atoms with E-state index in [1.54, 1.807) is 21.3 Å². The Morgan fingerprint density at radius 1 is 0.878 bits per heavy atom. The normalized spacial score (nSPS) is 13.5. The van der Waals surface area contributed by atoms with Gasteiger partial charge >= 0.3 is 0 Å². The summed E-state index contributed by atoms with van der Waals surface area (Å²) in [6.07, 6.45) is 0.922. The van der Waals surface area contributed by atoms with E-state index in [1.807, 2.05) is 12.1 Å². The highest BCUT2D eigenvalue weighted by Crippen LogP contribution is 2.40. The van der Waals surface area contributed by atoms with E-state index < -0.39 is 0 Å². The number of ether oxygens (including phenoxy) is 3. The van der Waals surface area contributed by atoms with Crippen LogP contribution in [-0.4, -0.2) is 76.9 Å². The van der Waals surface area contributed by atoms with Crippen LogP contribution in [0.1, 0.15) is 23.5 Å². The fraction of sp³-hybridized carbons (Fsp3) is 0.353. The third-order valence-corrected chi connectivity index (χ3v) is 7.50. The van der Waals surface area contributed by atoms with Gasteiger partial charge in [-0.3, -0.25) is 4.90 Å². The van der Waals surface area contributed by atoms with Gasteiger partial charge in [-0.15, -0.1) is 0 Å². The molecule has 0 amide bonds. The van der Waals surface area contributed by atoms with Crippen molar-refractivity contribution in [2.24, 2.45) is 0 Å². The van der Waals surface area contributed by atoms with Crippen LogP contribution >= 0.6 is 0 Å². The highest BCUT2D eigenvalue weighted by Gasteiger charge is 2.20. The van der Waals surface area contributed by atoms with Crippen molar-refractivity contribution >= 4 is 5.69 Å². The molecular formula is C34H44N4O3. The van der Waals surface area contributed by atoms with Crippen LogP contribution in [0.3, 0.4) is 0 Å². The number of rotatable bonds is 15. The first-order chi connectivity index (χ1) is 20.0. The molecule has 1 fully saturated rings. The largest absolute Gasteiger partial charge is 0.493 e. The van der Waals surface area contributed by atoms with Crippen LogP contribution < -0.4 is 24.8 Å². The van der Waals surface area contributed by atoms with Crippen molar-refractivity contribution in [1.82, 2.24) is 15.1 Å². The Hall–Kier alpha value is -3.94. The van der Waals surface area contributed by atoms with Crippen molar-refractivity contribution in [3.05, 3.63) is 108 Å². The smallest absolute Gasteiger partial charge is 0.203 e. The number of anilines is 1. The summed E-state index contributed by atoms with van der Waals surface area (Å²) in [7, 11) is 4.85. The fourth-order valence-electron chi connectivity index (χ4n) is 5.40. The summed E-state index contributed by atoms with van der Waals surface area (Å²) < 4.78 is 16.7. The minimum absolute atomic E-state index is 0.260. The van der Waals surface area contributed by atoms with Gasteiger partial charge in [0.1, 0.15) is 0 Å². The number of hydrogen-bond donors (Lipinski definition) is 2. The lowest BCUT2D eigenvalue weighted by atomic mass is 9.88. The molecule has 7 nitrogen and oxygen atoms in total. The van der Waals surface area contributed by atoms with Crippen molar-refractivity contribution in [2.45, 2.75) is 12.3 Å². The second-order valence-electron chi connectivity index (χ2n) is 10.3. The number of methoxy groups -OCH3 is 3. The molecule has 3 aromatic carbocycles. The van der Waals surface area contributed by atoms with Crippen molar-refractivity contribution in [2.75, 3.05) is 72.5 Å². The van der Waals surface area contributed by atoms with Crippen LogP contribution in [0.25, 0.3) is 0 Å². The third kappa shape index (κ3) is 8.28. The SMILES string of the molecule is C=C(CN1CCNCC1)CN(CCC(c1ccccc1)c1ccccc1)C(=C)Nc1cc(OC)c(OC)c(OC)c1. The van der Waals surface area contributed by atoms with Crippen LogP contribution in [-0.2, 0) is 0 Å². The Morgan fingerprint density at radius 2 is 1.44 bits per heavy atom. The quantitative estimate of drug-likeness (QED) is 0.237. The maximum Gasteiger partial charge on any atom is 0.203 e. The number of hydrogen-bond acceptors (Lipinski definition) is 7. The molecule has 0 atom stereocenters. The maximum absolute atomic E-state index is 5.57. The zero-order chi connectivity index (χ0) is 29.0. The molecule has 3 aromatic rings. The molecule has 0 radical (unpaired) electrons. The standard InChI is InChI=1S/C34H44N4O3/c1-26(24-37-20-17-35-18-21-37)25-38(27(2)36-30-22-32(39-3)34(41-5)33(23-30)40-4)19-16-31(28-12-8-6-9-13-28)29-14-10-7-11-15-29/h6-15,22-23,31,35-36H,1-2,16-21,24-25H2,3-5H3. The lowest BCUT2D eigenvalue weighted by Crippen LogP contribution is -2.45. The predicted molar refractivity (Wildman–Crippen MR) is 168 cm³/mol. The summed E-state index contributed by atoms with van der Waals surface area (Å²) >= 11 is 0. The average Bonchev–Trinajstić information content (AvgIpc) is 3.01. The molecule has 41 heavy (non-hydrogen) atoms. The van der Waals surface area contributed by atoms with Crippen molar-refractivity contribution in [3.63, 3.8) is 0 Å². The lowest BCUT2D eigenvalue weighted by Gasteiger charge is -2.33. The molecule has 0 bridgehead atoms. The molecule has 218 valence electrons. The van der Waals surface area contributed by atoms with E-state index in [9.17, 15) is 0 Å². The van der Waals surface area contributed by atoms with Gasteiger partial charge in [0.2, 0.25) is 5.75 Å². The highest BCUT2D eigenvalue weighted by molar-refractivity contribution is 5.64. The van der Waals surface area contributed by atoms with Gasteiger partial charge in [0, 0.05) is 69.6 Å². The summed E-state index contributed by atoms with van der Waals surface area (Å²) in [6.45, 7) is 15.4. The summed E-state index contributed by atoms with van der Waals surface area (Å²) in [5, 5.41) is 6.94. The molecule has 0 unspecified atom stereocenters. The van der Waals surface area contributed by atoms with E-state index in [4.69, 9.17) is 14.2 Å². The van der Waals surface area contributed by atoms with Gasteiger partial charge in [0.25, 0.3) is 0 Å². The molecular weight excluding hydrogens is 512 g/mol. The highest BCUT2D eigenvalue weighted by atomic mass is 16.5. The number of benzene rings is 3. The van der Waals surface area contributed by atoms with E-state index in [-0.39, 0.29) is 5.92 Å². The Bertz CT molecular complexity index is 1190. The Kier molecular flexibility index (Phi) is 11.1. The Morgan fingerprint density at radius 3 is 1.95 bits per heavy atom. The zero-order valence-electron chi connectivity index (χ0n) is 24.7. The summed E-state index contributed by atoms with van der Waals surface area (Å²) in [4.78, 5) is 4.76. The minimum Gasteiger partial charge on any atom is -0.493 e.